The zero-order valence-corrected chi connectivity index (χ0v) is 12.3. The summed E-state index contributed by atoms with van der Waals surface area (Å²) in [6.07, 6.45) is 3.93. The van der Waals surface area contributed by atoms with Crippen LogP contribution < -0.4 is 10.1 Å². The summed E-state index contributed by atoms with van der Waals surface area (Å²) in [6, 6.07) is 7.76. The lowest BCUT2D eigenvalue weighted by Crippen LogP contribution is -2.31. The maximum absolute atomic E-state index is 6.25. The predicted octanol–water partition coefficient (Wildman–Crippen LogP) is 3.39. The molecule has 2 aliphatic rings. The summed E-state index contributed by atoms with van der Waals surface area (Å²) in [5.74, 6) is 0.844. The van der Waals surface area contributed by atoms with Crippen molar-refractivity contribution >= 4 is 17.3 Å². The average molecular weight is 281 g/mol. The number of hydrogen-bond donors (Lipinski definition) is 1. The number of rotatable bonds is 4. The largest absolute Gasteiger partial charge is 0.497 e. The van der Waals surface area contributed by atoms with Crippen LogP contribution >= 0.6 is 11.6 Å². The highest BCUT2D eigenvalue weighted by Crippen LogP contribution is 2.35. The van der Waals surface area contributed by atoms with Crippen molar-refractivity contribution in [3.8, 4) is 5.75 Å². The lowest BCUT2D eigenvalue weighted by atomic mass is 10.2. The highest BCUT2D eigenvalue weighted by Gasteiger charge is 2.38. The van der Waals surface area contributed by atoms with E-state index in [1.807, 2.05) is 18.2 Å². The number of nitrogens with zero attached hydrogens (tertiary/aromatic N) is 1. The molecule has 1 aromatic carbocycles. The lowest BCUT2D eigenvalue weighted by Gasteiger charge is -2.20. The fourth-order valence-corrected chi connectivity index (χ4v) is 3.21. The molecule has 1 aliphatic carbocycles. The van der Waals surface area contributed by atoms with Crippen LogP contribution in [-0.4, -0.2) is 36.7 Å². The van der Waals surface area contributed by atoms with E-state index in [0.29, 0.717) is 12.1 Å². The summed E-state index contributed by atoms with van der Waals surface area (Å²) in [4.78, 5) is 2.63. The first-order chi connectivity index (χ1) is 9.17. The summed E-state index contributed by atoms with van der Waals surface area (Å²) in [5.41, 5.74) is 0.982. The second-order valence-corrected chi connectivity index (χ2v) is 6.11. The van der Waals surface area contributed by atoms with Crippen LogP contribution in [0, 0.1) is 0 Å². The minimum atomic E-state index is 0.486. The third kappa shape index (κ3) is 2.82. The second-order valence-electron chi connectivity index (χ2n) is 5.70. The van der Waals surface area contributed by atoms with Crippen LogP contribution in [0.4, 0.5) is 5.69 Å². The fourth-order valence-electron chi connectivity index (χ4n) is 3.04. The van der Waals surface area contributed by atoms with Gasteiger partial charge in [-0.25, -0.2) is 0 Å². The van der Waals surface area contributed by atoms with Gasteiger partial charge in [0.2, 0.25) is 0 Å². The van der Waals surface area contributed by atoms with Gasteiger partial charge in [-0.15, -0.1) is 0 Å². The molecule has 1 N–H and O–H groups in total. The number of methoxy groups -OCH3 is 1. The van der Waals surface area contributed by atoms with Gasteiger partial charge >= 0.3 is 0 Å². The fraction of sp³-hybridized carbons (Fsp3) is 0.600. The van der Waals surface area contributed by atoms with Crippen LogP contribution in [0.5, 0.6) is 5.75 Å². The van der Waals surface area contributed by atoms with Gasteiger partial charge in [-0.05, 0) is 38.3 Å². The Bertz CT molecular complexity index is 461. The molecule has 1 aromatic rings. The molecule has 2 unspecified atom stereocenters. The first-order valence-electron chi connectivity index (χ1n) is 7.03. The highest BCUT2D eigenvalue weighted by atomic mass is 35.5. The molecular formula is C15H21ClN2O. The van der Waals surface area contributed by atoms with E-state index in [1.165, 1.54) is 19.3 Å². The molecule has 104 valence electrons. The van der Waals surface area contributed by atoms with Gasteiger partial charge in [0.1, 0.15) is 5.75 Å². The van der Waals surface area contributed by atoms with E-state index >= 15 is 0 Å². The lowest BCUT2D eigenvalue weighted by molar-refractivity contribution is 0.257. The van der Waals surface area contributed by atoms with Gasteiger partial charge in [0.05, 0.1) is 17.8 Å². The second kappa shape index (κ2) is 5.22. The van der Waals surface area contributed by atoms with E-state index in [4.69, 9.17) is 16.3 Å². The Morgan fingerprint density at radius 2 is 2.16 bits per heavy atom. The zero-order chi connectivity index (χ0) is 13.4. The van der Waals surface area contributed by atoms with Crippen LogP contribution in [0.25, 0.3) is 0 Å². The van der Waals surface area contributed by atoms with Gasteiger partial charge < -0.3 is 10.1 Å². The maximum Gasteiger partial charge on any atom is 0.121 e. The number of hydrogen-bond acceptors (Lipinski definition) is 3. The Kier molecular flexibility index (Phi) is 3.59. The molecule has 0 amide bonds. The molecule has 4 heteroatoms. The van der Waals surface area contributed by atoms with Crippen molar-refractivity contribution in [1.82, 2.24) is 4.90 Å². The number of halogens is 1. The quantitative estimate of drug-likeness (QED) is 0.915. The first-order valence-corrected chi connectivity index (χ1v) is 7.41. The Hall–Kier alpha value is -0.930. The molecule has 2 fully saturated rings. The van der Waals surface area contributed by atoms with Gasteiger partial charge in [-0.3, -0.25) is 4.90 Å². The monoisotopic (exact) mass is 280 g/mol. The summed E-state index contributed by atoms with van der Waals surface area (Å²) < 4.78 is 5.26. The molecule has 0 aromatic heterocycles. The third-order valence-electron chi connectivity index (χ3n) is 4.17. The molecule has 19 heavy (non-hydrogen) atoms. The van der Waals surface area contributed by atoms with Crippen LogP contribution in [0.2, 0.25) is 5.02 Å². The Labute approximate surface area is 119 Å². The summed E-state index contributed by atoms with van der Waals surface area (Å²) in [5, 5.41) is 4.34. The smallest absolute Gasteiger partial charge is 0.121 e. The topological polar surface area (TPSA) is 24.5 Å². The number of ether oxygens (including phenoxy) is 1. The van der Waals surface area contributed by atoms with Crippen molar-refractivity contribution in [3.05, 3.63) is 23.2 Å². The molecule has 0 bridgehead atoms. The van der Waals surface area contributed by atoms with Gasteiger partial charge in [0.15, 0.2) is 0 Å². The molecular weight excluding hydrogens is 260 g/mol. The standard InChI is InChI=1S/C15H21ClN2O/c1-10-7-11(9-18(10)12-3-4-12)17-15-8-13(19-2)5-6-14(15)16/h5-6,8,10-12,17H,3-4,7,9H2,1-2H3. The number of nitrogens with one attached hydrogen (secondary N) is 1. The maximum atomic E-state index is 6.25. The molecule has 1 heterocycles. The number of likely N-dealkylation sites (tertiary alicyclic amines) is 1. The van der Waals surface area contributed by atoms with E-state index in [1.54, 1.807) is 7.11 Å². The Morgan fingerprint density at radius 3 is 2.84 bits per heavy atom. The normalized spacial score (nSPS) is 27.5. The van der Waals surface area contributed by atoms with E-state index in [2.05, 4.69) is 17.1 Å². The molecule has 3 nitrogen and oxygen atoms in total. The van der Waals surface area contributed by atoms with Crippen molar-refractivity contribution < 1.29 is 4.74 Å². The number of benzene rings is 1. The Morgan fingerprint density at radius 1 is 1.37 bits per heavy atom. The molecule has 3 rings (SSSR count). The number of anilines is 1. The van der Waals surface area contributed by atoms with Crippen LogP contribution in [0.3, 0.4) is 0 Å². The predicted molar refractivity (Wildman–Crippen MR) is 79.2 cm³/mol. The van der Waals surface area contributed by atoms with Gasteiger partial charge in [-0.2, -0.15) is 0 Å². The SMILES string of the molecule is COc1ccc(Cl)c(NC2CC(C)N(C3CC3)C2)c1. The van der Waals surface area contributed by atoms with Crippen molar-refractivity contribution in [1.29, 1.82) is 0 Å². The molecule has 2 atom stereocenters. The molecule has 1 saturated carbocycles. The first kappa shape index (κ1) is 13.1. The Balaban J connectivity index is 1.68. The molecule has 1 aliphatic heterocycles. The summed E-state index contributed by atoms with van der Waals surface area (Å²) in [7, 11) is 1.68. The van der Waals surface area contributed by atoms with Crippen LogP contribution in [0.15, 0.2) is 18.2 Å². The molecule has 0 spiro atoms. The highest BCUT2D eigenvalue weighted by molar-refractivity contribution is 6.33. The van der Waals surface area contributed by atoms with E-state index < -0.39 is 0 Å². The van der Waals surface area contributed by atoms with Crippen LogP contribution in [0.1, 0.15) is 26.2 Å². The van der Waals surface area contributed by atoms with Crippen molar-refractivity contribution in [2.75, 3.05) is 19.0 Å². The molecule has 0 radical (unpaired) electrons. The molecule has 1 saturated heterocycles. The van der Waals surface area contributed by atoms with Crippen molar-refractivity contribution in [2.45, 2.75) is 44.3 Å². The van der Waals surface area contributed by atoms with Crippen LogP contribution in [-0.2, 0) is 0 Å². The zero-order valence-electron chi connectivity index (χ0n) is 11.5. The van der Waals surface area contributed by atoms with Gasteiger partial charge in [0, 0.05) is 30.7 Å². The summed E-state index contributed by atoms with van der Waals surface area (Å²) >= 11 is 6.25. The van der Waals surface area contributed by atoms with E-state index in [-0.39, 0.29) is 0 Å². The van der Waals surface area contributed by atoms with Crippen molar-refractivity contribution in [3.63, 3.8) is 0 Å². The van der Waals surface area contributed by atoms with E-state index in [0.717, 1.165) is 29.0 Å². The third-order valence-corrected chi connectivity index (χ3v) is 4.50. The summed E-state index contributed by atoms with van der Waals surface area (Å²) in [6.45, 7) is 3.45. The van der Waals surface area contributed by atoms with Gasteiger partial charge in [-0.1, -0.05) is 11.6 Å². The minimum Gasteiger partial charge on any atom is -0.497 e. The average Bonchev–Trinajstić information content (AvgIpc) is 3.17. The van der Waals surface area contributed by atoms with Gasteiger partial charge in [0.25, 0.3) is 0 Å². The van der Waals surface area contributed by atoms with E-state index in [9.17, 15) is 0 Å². The van der Waals surface area contributed by atoms with Crippen molar-refractivity contribution in [2.24, 2.45) is 0 Å². The minimum absolute atomic E-state index is 0.486.